The molecule has 0 aromatic heterocycles. The largest absolute Gasteiger partial charge is 0.465 e. The smallest absolute Gasteiger partial charge is 0.328 e. The fourth-order valence-corrected chi connectivity index (χ4v) is 4.15. The highest BCUT2D eigenvalue weighted by atomic mass is 79.9. The van der Waals surface area contributed by atoms with Gasteiger partial charge in [-0.3, -0.25) is 9.59 Å². The number of carbonyl (C=O) groups is 2. The topological polar surface area (TPSA) is 52.6 Å². The van der Waals surface area contributed by atoms with Gasteiger partial charge in [-0.25, -0.2) is 0 Å². The summed E-state index contributed by atoms with van der Waals surface area (Å²) in [6, 6.07) is 17.2. The standard InChI is InChI=1S/C23H23BrO4/c1-3-27-21(25)23(22(26)28-4-2)19(16-8-6-5-7-9-16)14-15-20(23)17-10-12-18(24)13-11-17/h5-13,15,19H,3-4,14H2,1-2H3/t19-/m1/s1. The predicted octanol–water partition coefficient (Wildman–Crippen LogP) is 5.13. The van der Waals surface area contributed by atoms with E-state index in [4.69, 9.17) is 9.47 Å². The molecule has 0 heterocycles. The van der Waals surface area contributed by atoms with Crippen LogP contribution in [-0.2, 0) is 19.1 Å². The summed E-state index contributed by atoms with van der Waals surface area (Å²) < 4.78 is 11.8. The lowest BCUT2D eigenvalue weighted by Crippen LogP contribution is -2.45. The van der Waals surface area contributed by atoms with Crippen molar-refractivity contribution in [1.82, 2.24) is 0 Å². The Bertz CT molecular complexity index is 853. The molecule has 1 aliphatic rings. The average Bonchev–Trinajstić information content (AvgIpc) is 3.11. The number of hydrogen-bond acceptors (Lipinski definition) is 4. The van der Waals surface area contributed by atoms with Gasteiger partial charge in [0.2, 0.25) is 0 Å². The van der Waals surface area contributed by atoms with E-state index in [0.717, 1.165) is 15.6 Å². The summed E-state index contributed by atoms with van der Waals surface area (Å²) in [5, 5.41) is 0. The van der Waals surface area contributed by atoms with Crippen molar-refractivity contribution in [3.63, 3.8) is 0 Å². The van der Waals surface area contributed by atoms with Gasteiger partial charge in [0.05, 0.1) is 13.2 Å². The Morgan fingerprint density at radius 1 is 0.964 bits per heavy atom. The van der Waals surface area contributed by atoms with Gasteiger partial charge in [0.1, 0.15) is 0 Å². The number of rotatable bonds is 6. The first kappa shape index (κ1) is 20.3. The fraction of sp³-hybridized carbons (Fsp3) is 0.304. The van der Waals surface area contributed by atoms with Gasteiger partial charge in [0.15, 0.2) is 5.41 Å². The molecule has 3 rings (SSSR count). The van der Waals surface area contributed by atoms with Crippen molar-refractivity contribution in [2.75, 3.05) is 13.2 Å². The van der Waals surface area contributed by atoms with E-state index in [9.17, 15) is 9.59 Å². The highest BCUT2D eigenvalue weighted by Crippen LogP contribution is 2.55. The lowest BCUT2D eigenvalue weighted by atomic mass is 9.69. The van der Waals surface area contributed by atoms with Crippen molar-refractivity contribution in [3.05, 3.63) is 76.3 Å². The molecule has 0 spiro atoms. The first-order valence-electron chi connectivity index (χ1n) is 9.41. The van der Waals surface area contributed by atoms with Crippen LogP contribution in [0.4, 0.5) is 0 Å². The van der Waals surface area contributed by atoms with E-state index in [1.807, 2.05) is 60.7 Å². The lowest BCUT2D eigenvalue weighted by Gasteiger charge is -2.34. The Morgan fingerprint density at radius 3 is 2.07 bits per heavy atom. The molecule has 0 saturated heterocycles. The third-order valence-corrected chi connectivity index (χ3v) is 5.59. The highest BCUT2D eigenvalue weighted by molar-refractivity contribution is 9.10. The first-order chi connectivity index (χ1) is 13.6. The van der Waals surface area contributed by atoms with Crippen LogP contribution in [0.1, 0.15) is 37.3 Å². The molecular weight excluding hydrogens is 420 g/mol. The fourth-order valence-electron chi connectivity index (χ4n) is 3.89. The molecule has 28 heavy (non-hydrogen) atoms. The molecule has 146 valence electrons. The number of allylic oxidation sites excluding steroid dienone is 1. The average molecular weight is 443 g/mol. The molecular formula is C23H23BrO4. The minimum absolute atomic E-state index is 0.190. The van der Waals surface area contributed by atoms with E-state index in [1.54, 1.807) is 13.8 Å². The Balaban J connectivity index is 2.21. The van der Waals surface area contributed by atoms with Crippen LogP contribution >= 0.6 is 15.9 Å². The molecule has 0 aliphatic heterocycles. The van der Waals surface area contributed by atoms with Crippen molar-refractivity contribution in [2.24, 2.45) is 5.41 Å². The maximum absolute atomic E-state index is 13.3. The van der Waals surface area contributed by atoms with E-state index in [1.165, 1.54) is 0 Å². The van der Waals surface area contributed by atoms with Crippen LogP contribution in [0.3, 0.4) is 0 Å². The Morgan fingerprint density at radius 2 is 1.54 bits per heavy atom. The zero-order valence-corrected chi connectivity index (χ0v) is 17.6. The molecule has 4 nitrogen and oxygen atoms in total. The molecule has 1 atom stereocenters. The molecule has 0 bridgehead atoms. The Kier molecular flexibility index (Phi) is 6.35. The maximum atomic E-state index is 13.3. The van der Waals surface area contributed by atoms with E-state index in [-0.39, 0.29) is 19.1 Å². The summed E-state index contributed by atoms with van der Waals surface area (Å²) in [6.07, 6.45) is 2.52. The van der Waals surface area contributed by atoms with Crippen molar-refractivity contribution in [1.29, 1.82) is 0 Å². The second-order valence-corrected chi connectivity index (χ2v) is 7.49. The van der Waals surface area contributed by atoms with Crippen LogP contribution < -0.4 is 0 Å². The minimum Gasteiger partial charge on any atom is -0.465 e. The number of ether oxygens (including phenoxy) is 2. The molecule has 2 aromatic carbocycles. The van der Waals surface area contributed by atoms with Gasteiger partial charge in [0.25, 0.3) is 0 Å². The van der Waals surface area contributed by atoms with Gasteiger partial charge < -0.3 is 9.47 Å². The Labute approximate surface area is 173 Å². The third-order valence-electron chi connectivity index (χ3n) is 5.06. The van der Waals surface area contributed by atoms with Crippen LogP contribution in [0.5, 0.6) is 0 Å². The molecule has 0 radical (unpaired) electrons. The van der Waals surface area contributed by atoms with Crippen molar-refractivity contribution in [3.8, 4) is 0 Å². The summed E-state index contributed by atoms with van der Waals surface area (Å²) in [6.45, 7) is 3.86. The zero-order valence-electron chi connectivity index (χ0n) is 16.0. The van der Waals surface area contributed by atoms with Crippen molar-refractivity contribution >= 4 is 33.4 Å². The lowest BCUT2D eigenvalue weighted by molar-refractivity contribution is -0.168. The van der Waals surface area contributed by atoms with Crippen LogP contribution in [0, 0.1) is 5.41 Å². The van der Waals surface area contributed by atoms with Gasteiger partial charge in [-0.1, -0.05) is 64.5 Å². The maximum Gasteiger partial charge on any atom is 0.328 e. The van der Waals surface area contributed by atoms with Gasteiger partial charge >= 0.3 is 11.9 Å². The zero-order chi connectivity index (χ0) is 20.1. The van der Waals surface area contributed by atoms with Crippen LogP contribution in [0.2, 0.25) is 0 Å². The number of benzene rings is 2. The third kappa shape index (κ3) is 3.51. The van der Waals surface area contributed by atoms with Gasteiger partial charge in [-0.15, -0.1) is 0 Å². The number of carbonyl (C=O) groups excluding carboxylic acids is 2. The molecule has 0 fully saturated rings. The van der Waals surface area contributed by atoms with Crippen LogP contribution in [0.25, 0.3) is 5.57 Å². The first-order valence-corrected chi connectivity index (χ1v) is 10.2. The quantitative estimate of drug-likeness (QED) is 0.459. The second kappa shape index (κ2) is 8.74. The molecule has 0 unspecified atom stereocenters. The molecule has 0 saturated carbocycles. The monoisotopic (exact) mass is 442 g/mol. The second-order valence-electron chi connectivity index (χ2n) is 6.57. The van der Waals surface area contributed by atoms with E-state index >= 15 is 0 Å². The van der Waals surface area contributed by atoms with Crippen molar-refractivity contribution < 1.29 is 19.1 Å². The normalized spacial score (nSPS) is 17.7. The van der Waals surface area contributed by atoms with Crippen molar-refractivity contribution in [2.45, 2.75) is 26.2 Å². The summed E-state index contributed by atoms with van der Waals surface area (Å²) in [5.74, 6) is -1.51. The SMILES string of the molecule is CCOC(=O)C1(C(=O)OCC)C(c2ccc(Br)cc2)=CC[C@@H]1c1ccccc1. The molecule has 1 aliphatic carbocycles. The minimum atomic E-state index is -1.53. The Hall–Kier alpha value is -2.40. The van der Waals surface area contributed by atoms with Gasteiger partial charge in [0, 0.05) is 10.4 Å². The predicted molar refractivity (Wildman–Crippen MR) is 112 cm³/mol. The number of halogens is 1. The number of esters is 2. The van der Waals surface area contributed by atoms with Gasteiger partial charge in [-0.05, 0) is 49.1 Å². The summed E-state index contributed by atoms with van der Waals surface area (Å²) in [4.78, 5) is 26.7. The molecule has 5 heteroatoms. The van der Waals surface area contributed by atoms with Crippen LogP contribution in [-0.4, -0.2) is 25.2 Å². The number of hydrogen-bond donors (Lipinski definition) is 0. The van der Waals surface area contributed by atoms with Gasteiger partial charge in [-0.2, -0.15) is 0 Å². The van der Waals surface area contributed by atoms with E-state index in [2.05, 4.69) is 15.9 Å². The summed E-state index contributed by atoms with van der Waals surface area (Å²) in [5.41, 5.74) is 0.835. The molecule has 0 N–H and O–H groups in total. The van der Waals surface area contributed by atoms with E-state index in [0.29, 0.717) is 12.0 Å². The van der Waals surface area contributed by atoms with Crippen LogP contribution in [0.15, 0.2) is 65.1 Å². The summed E-state index contributed by atoms with van der Waals surface area (Å²) in [7, 11) is 0. The van der Waals surface area contributed by atoms with E-state index < -0.39 is 17.4 Å². The molecule has 2 aromatic rings. The summed E-state index contributed by atoms with van der Waals surface area (Å²) >= 11 is 3.44. The highest BCUT2D eigenvalue weighted by Gasteiger charge is 2.60. The molecule has 0 amide bonds.